The van der Waals surface area contributed by atoms with Gasteiger partial charge in [0.1, 0.15) is 5.82 Å². The molecule has 1 amide bonds. The Hall–Kier alpha value is -1.47. The highest BCUT2D eigenvalue weighted by Gasteiger charge is 2.10. The number of hydrogen-bond donors (Lipinski definition) is 2. The van der Waals surface area contributed by atoms with Crippen LogP contribution in [0.15, 0.2) is 23.1 Å². The van der Waals surface area contributed by atoms with Gasteiger partial charge in [0.2, 0.25) is 0 Å². The van der Waals surface area contributed by atoms with Gasteiger partial charge in [0.15, 0.2) is 0 Å². The van der Waals surface area contributed by atoms with Crippen molar-refractivity contribution in [2.75, 3.05) is 6.54 Å². The van der Waals surface area contributed by atoms with E-state index in [0.29, 0.717) is 17.9 Å². The summed E-state index contributed by atoms with van der Waals surface area (Å²) in [5.41, 5.74) is -0.0143. The van der Waals surface area contributed by atoms with Crippen molar-refractivity contribution in [2.24, 2.45) is 0 Å². The molecule has 0 aliphatic heterocycles. The van der Waals surface area contributed by atoms with Crippen molar-refractivity contribution in [2.45, 2.75) is 11.3 Å². The molecule has 0 fully saturated rings. The lowest BCUT2D eigenvalue weighted by Gasteiger charge is -2.04. The third-order valence-corrected chi connectivity index (χ3v) is 2.03. The van der Waals surface area contributed by atoms with Crippen molar-refractivity contribution in [3.8, 4) is 12.3 Å². The van der Waals surface area contributed by atoms with Crippen LogP contribution in [0.4, 0.5) is 4.39 Å². The van der Waals surface area contributed by atoms with Crippen LogP contribution in [-0.4, -0.2) is 12.5 Å². The quantitative estimate of drug-likeness (QED) is 0.457. The molecule has 0 atom stereocenters. The smallest absolute Gasteiger partial charge is 0.254 e. The minimum atomic E-state index is -0.564. The molecular weight excluding hydrogens is 213 g/mol. The average molecular weight is 223 g/mol. The summed E-state index contributed by atoms with van der Waals surface area (Å²) in [6.07, 6.45) is 5.44. The average Bonchev–Trinajstić information content (AvgIpc) is 2.22. The SMILES string of the molecule is C#CCCNC(=O)c1cc(S)ccc1F. The summed E-state index contributed by atoms with van der Waals surface area (Å²) in [5, 5.41) is 2.51. The van der Waals surface area contributed by atoms with Crippen LogP contribution < -0.4 is 5.32 Å². The van der Waals surface area contributed by atoms with Crippen molar-refractivity contribution >= 4 is 18.5 Å². The molecule has 1 N–H and O–H groups in total. The number of terminal acetylenes is 1. The molecular formula is C11H10FNOS. The van der Waals surface area contributed by atoms with E-state index in [-0.39, 0.29) is 5.56 Å². The van der Waals surface area contributed by atoms with E-state index in [1.807, 2.05) is 0 Å². The molecule has 1 rings (SSSR count). The lowest BCUT2D eigenvalue weighted by Crippen LogP contribution is -2.25. The summed E-state index contributed by atoms with van der Waals surface area (Å²) < 4.78 is 13.2. The summed E-state index contributed by atoms with van der Waals surface area (Å²) in [6.45, 7) is 0.339. The van der Waals surface area contributed by atoms with Crippen molar-refractivity contribution in [3.63, 3.8) is 0 Å². The minimum Gasteiger partial charge on any atom is -0.351 e. The Bertz CT molecular complexity index is 412. The molecule has 0 saturated carbocycles. The Morgan fingerprint density at radius 1 is 1.60 bits per heavy atom. The Labute approximate surface area is 93.3 Å². The summed E-state index contributed by atoms with van der Waals surface area (Å²) in [4.78, 5) is 12.0. The van der Waals surface area contributed by atoms with Gasteiger partial charge in [-0.1, -0.05) is 0 Å². The maximum absolute atomic E-state index is 13.2. The van der Waals surface area contributed by atoms with E-state index in [1.165, 1.54) is 18.2 Å². The number of nitrogens with one attached hydrogen (secondary N) is 1. The van der Waals surface area contributed by atoms with E-state index >= 15 is 0 Å². The maximum atomic E-state index is 13.2. The van der Waals surface area contributed by atoms with Crippen LogP contribution in [0.5, 0.6) is 0 Å². The van der Waals surface area contributed by atoms with Crippen molar-refractivity contribution in [1.29, 1.82) is 0 Å². The highest BCUT2D eigenvalue weighted by Crippen LogP contribution is 2.13. The number of carbonyl (C=O) groups excluding carboxylic acids is 1. The summed E-state index contributed by atoms with van der Waals surface area (Å²) in [6, 6.07) is 4.07. The van der Waals surface area contributed by atoms with Gasteiger partial charge in [0, 0.05) is 17.9 Å². The fourth-order valence-corrected chi connectivity index (χ4v) is 1.23. The fourth-order valence-electron chi connectivity index (χ4n) is 1.03. The topological polar surface area (TPSA) is 29.1 Å². The number of thiol groups is 1. The van der Waals surface area contributed by atoms with E-state index in [4.69, 9.17) is 6.42 Å². The van der Waals surface area contributed by atoms with Crippen molar-refractivity contribution in [1.82, 2.24) is 5.32 Å². The predicted octanol–water partition coefficient (Wildman–Crippen LogP) is 1.87. The normalized spacial score (nSPS) is 9.40. The van der Waals surface area contributed by atoms with Crippen LogP contribution in [0.25, 0.3) is 0 Å². The first-order chi connectivity index (χ1) is 7.15. The zero-order valence-corrected chi connectivity index (χ0v) is 8.85. The van der Waals surface area contributed by atoms with E-state index in [2.05, 4.69) is 23.9 Å². The molecule has 15 heavy (non-hydrogen) atoms. The van der Waals surface area contributed by atoms with Crippen LogP contribution in [0.3, 0.4) is 0 Å². The van der Waals surface area contributed by atoms with Crippen LogP contribution in [-0.2, 0) is 0 Å². The molecule has 1 aromatic carbocycles. The summed E-state index contributed by atoms with van der Waals surface area (Å²) in [5.74, 6) is 1.34. The van der Waals surface area contributed by atoms with E-state index < -0.39 is 11.7 Å². The monoisotopic (exact) mass is 223 g/mol. The molecule has 4 heteroatoms. The number of rotatable bonds is 3. The molecule has 0 aliphatic rings. The van der Waals surface area contributed by atoms with E-state index in [9.17, 15) is 9.18 Å². The number of carbonyl (C=O) groups is 1. The first-order valence-corrected chi connectivity index (χ1v) is 4.80. The van der Waals surface area contributed by atoms with Crippen LogP contribution in [0, 0.1) is 18.2 Å². The molecule has 0 unspecified atom stereocenters. The first kappa shape index (κ1) is 11.6. The molecule has 2 nitrogen and oxygen atoms in total. The van der Waals surface area contributed by atoms with Gasteiger partial charge in [0.25, 0.3) is 5.91 Å². The first-order valence-electron chi connectivity index (χ1n) is 4.35. The Balaban J connectivity index is 2.73. The summed E-state index contributed by atoms with van der Waals surface area (Å²) >= 11 is 4.03. The highest BCUT2D eigenvalue weighted by atomic mass is 32.1. The predicted molar refractivity (Wildman–Crippen MR) is 59.4 cm³/mol. The second-order valence-electron chi connectivity index (χ2n) is 2.87. The van der Waals surface area contributed by atoms with Gasteiger partial charge in [-0.3, -0.25) is 4.79 Å². The fraction of sp³-hybridized carbons (Fsp3) is 0.182. The van der Waals surface area contributed by atoms with E-state index in [1.54, 1.807) is 0 Å². The lowest BCUT2D eigenvalue weighted by molar-refractivity contribution is 0.0950. The molecule has 0 heterocycles. The number of halogens is 1. The molecule has 0 aromatic heterocycles. The lowest BCUT2D eigenvalue weighted by atomic mass is 10.2. The molecule has 78 valence electrons. The zero-order valence-electron chi connectivity index (χ0n) is 7.96. The van der Waals surface area contributed by atoms with Crippen LogP contribution >= 0.6 is 12.6 Å². The molecule has 0 bridgehead atoms. The Morgan fingerprint density at radius 3 is 3.00 bits per heavy atom. The van der Waals surface area contributed by atoms with Gasteiger partial charge >= 0.3 is 0 Å². The molecule has 0 radical (unpaired) electrons. The number of amides is 1. The number of hydrogen-bond acceptors (Lipinski definition) is 2. The van der Waals surface area contributed by atoms with Crippen molar-refractivity contribution < 1.29 is 9.18 Å². The third kappa shape index (κ3) is 3.30. The molecule has 0 spiro atoms. The molecule has 1 aromatic rings. The zero-order chi connectivity index (χ0) is 11.3. The molecule has 0 aliphatic carbocycles. The van der Waals surface area contributed by atoms with Crippen LogP contribution in [0.2, 0.25) is 0 Å². The minimum absolute atomic E-state index is 0.0143. The maximum Gasteiger partial charge on any atom is 0.254 e. The van der Waals surface area contributed by atoms with Gasteiger partial charge in [-0.2, -0.15) is 0 Å². The second kappa shape index (κ2) is 5.42. The highest BCUT2D eigenvalue weighted by molar-refractivity contribution is 7.80. The van der Waals surface area contributed by atoms with E-state index in [0.717, 1.165) is 0 Å². The van der Waals surface area contributed by atoms with Gasteiger partial charge in [-0.15, -0.1) is 25.0 Å². The third-order valence-electron chi connectivity index (χ3n) is 1.75. The van der Waals surface area contributed by atoms with Crippen molar-refractivity contribution in [3.05, 3.63) is 29.6 Å². The van der Waals surface area contributed by atoms with Gasteiger partial charge in [-0.05, 0) is 18.2 Å². The largest absolute Gasteiger partial charge is 0.351 e. The number of benzene rings is 1. The Morgan fingerprint density at radius 2 is 2.33 bits per heavy atom. The second-order valence-corrected chi connectivity index (χ2v) is 3.39. The standard InChI is InChI=1S/C11H10FNOS/c1-2-3-6-13-11(14)9-7-8(15)4-5-10(9)12/h1,4-5,7,15H,3,6H2,(H,13,14). The molecule has 0 saturated heterocycles. The van der Waals surface area contributed by atoms with Gasteiger partial charge in [-0.25, -0.2) is 4.39 Å². The van der Waals surface area contributed by atoms with Gasteiger partial charge in [0.05, 0.1) is 5.56 Å². The summed E-state index contributed by atoms with van der Waals surface area (Å²) in [7, 11) is 0. The van der Waals surface area contributed by atoms with Crippen LogP contribution in [0.1, 0.15) is 16.8 Å². The van der Waals surface area contributed by atoms with Gasteiger partial charge < -0.3 is 5.32 Å². The Kier molecular flexibility index (Phi) is 4.19.